The third kappa shape index (κ3) is 4.66. The lowest BCUT2D eigenvalue weighted by Crippen LogP contribution is -2.37. The normalized spacial score (nSPS) is 14.5. The minimum absolute atomic E-state index is 0.281. The Balaban J connectivity index is 2.64. The van der Waals surface area contributed by atoms with Gasteiger partial charge in [-0.25, -0.2) is 13.4 Å². The van der Waals surface area contributed by atoms with Crippen LogP contribution in [0.5, 0.6) is 0 Å². The molecule has 0 bridgehead atoms. The summed E-state index contributed by atoms with van der Waals surface area (Å²) in [7, 11) is -3.12. The highest BCUT2D eigenvalue weighted by Gasteiger charge is 2.10. The first-order valence-electron chi connectivity index (χ1n) is 5.68. The van der Waals surface area contributed by atoms with Crippen LogP contribution in [0.1, 0.15) is 25.1 Å². The van der Waals surface area contributed by atoms with E-state index in [4.69, 9.17) is 5.73 Å². The smallest absolute Gasteiger partial charge is 0.189 e. The lowest BCUT2D eigenvalue weighted by Gasteiger charge is -2.11. The van der Waals surface area contributed by atoms with Crippen LogP contribution in [-0.2, 0) is 16.4 Å². The van der Waals surface area contributed by atoms with Gasteiger partial charge >= 0.3 is 0 Å². The maximum absolute atomic E-state index is 11.3. The van der Waals surface area contributed by atoms with Gasteiger partial charge in [-0.15, -0.1) is 11.3 Å². The minimum atomic E-state index is -3.12. The Hall–Kier alpha value is -1.08. The molecule has 1 atom stereocenters. The lowest BCUT2D eigenvalue weighted by molar-refractivity contribution is 0.604. The molecule has 0 fully saturated rings. The second-order valence-corrected chi connectivity index (χ2v) is 7.56. The van der Waals surface area contributed by atoms with Crippen LogP contribution in [0.15, 0.2) is 21.3 Å². The molecule has 0 aromatic carbocycles. The molecule has 1 unspecified atom stereocenters. The average Bonchev–Trinajstić information content (AvgIpc) is 2.74. The molecule has 1 aromatic heterocycles. The van der Waals surface area contributed by atoms with Gasteiger partial charge in [-0.3, -0.25) is 0 Å². The summed E-state index contributed by atoms with van der Waals surface area (Å²) in [6.45, 7) is 4.48. The van der Waals surface area contributed by atoms with E-state index in [2.05, 4.69) is 17.2 Å². The fourth-order valence-corrected chi connectivity index (χ4v) is 3.11. The van der Waals surface area contributed by atoms with Crippen molar-refractivity contribution in [3.8, 4) is 0 Å². The van der Waals surface area contributed by atoms with Crippen LogP contribution in [0.4, 0.5) is 0 Å². The number of rotatable bonds is 5. The highest BCUT2D eigenvalue weighted by molar-refractivity contribution is 7.92. The SMILES string of the molecule is CCC(C)NC(N)=NCc1ccc(S(C)(=O)=O)s1. The Bertz CT molecular complexity index is 520. The molecular weight excluding hydrogens is 270 g/mol. The van der Waals surface area contributed by atoms with Gasteiger partial charge in [0.15, 0.2) is 15.8 Å². The molecule has 1 heterocycles. The van der Waals surface area contributed by atoms with E-state index >= 15 is 0 Å². The molecule has 0 amide bonds. The number of sulfone groups is 1. The fraction of sp³-hybridized carbons (Fsp3) is 0.545. The topological polar surface area (TPSA) is 84.5 Å². The molecule has 0 saturated heterocycles. The van der Waals surface area contributed by atoms with Crippen LogP contribution in [-0.4, -0.2) is 26.7 Å². The zero-order chi connectivity index (χ0) is 13.8. The highest BCUT2D eigenvalue weighted by Crippen LogP contribution is 2.21. The summed E-state index contributed by atoms with van der Waals surface area (Å²) in [6, 6.07) is 3.65. The highest BCUT2D eigenvalue weighted by atomic mass is 32.2. The quantitative estimate of drug-likeness (QED) is 0.633. The molecular formula is C11H19N3O2S2. The van der Waals surface area contributed by atoms with E-state index in [9.17, 15) is 8.42 Å². The third-order valence-corrected chi connectivity index (χ3v) is 5.30. The standard InChI is InChI=1S/C11H19N3O2S2/c1-4-8(2)14-11(12)13-7-9-5-6-10(17-9)18(3,15)16/h5-6,8H,4,7H2,1-3H3,(H3,12,13,14). The average molecular weight is 289 g/mol. The van der Waals surface area contributed by atoms with Gasteiger partial charge in [-0.1, -0.05) is 6.92 Å². The summed E-state index contributed by atoms with van der Waals surface area (Å²) >= 11 is 1.23. The van der Waals surface area contributed by atoms with Gasteiger partial charge in [-0.05, 0) is 25.5 Å². The van der Waals surface area contributed by atoms with E-state index < -0.39 is 9.84 Å². The van der Waals surface area contributed by atoms with Gasteiger partial charge in [-0.2, -0.15) is 0 Å². The van der Waals surface area contributed by atoms with Gasteiger partial charge in [0, 0.05) is 17.2 Å². The van der Waals surface area contributed by atoms with Crippen molar-refractivity contribution in [2.75, 3.05) is 6.26 Å². The number of guanidine groups is 1. The molecule has 0 aliphatic heterocycles. The third-order valence-electron chi connectivity index (χ3n) is 2.41. The zero-order valence-electron chi connectivity index (χ0n) is 10.8. The van der Waals surface area contributed by atoms with E-state index in [1.54, 1.807) is 12.1 Å². The Kier molecular flexibility index (Phi) is 5.15. The van der Waals surface area contributed by atoms with Crippen LogP contribution < -0.4 is 11.1 Å². The number of nitrogens with one attached hydrogen (secondary N) is 1. The van der Waals surface area contributed by atoms with Crippen molar-refractivity contribution >= 4 is 27.1 Å². The summed E-state index contributed by atoms with van der Waals surface area (Å²) < 4.78 is 23.0. The van der Waals surface area contributed by atoms with Crippen molar-refractivity contribution in [3.05, 3.63) is 17.0 Å². The monoisotopic (exact) mass is 289 g/mol. The zero-order valence-corrected chi connectivity index (χ0v) is 12.4. The summed E-state index contributed by atoms with van der Waals surface area (Å²) in [6.07, 6.45) is 2.16. The molecule has 0 aliphatic rings. The van der Waals surface area contributed by atoms with E-state index in [0.29, 0.717) is 16.7 Å². The molecule has 3 N–H and O–H groups in total. The fourth-order valence-electron chi connectivity index (χ4n) is 1.21. The maximum Gasteiger partial charge on any atom is 0.189 e. The summed E-state index contributed by atoms with van der Waals surface area (Å²) in [5.41, 5.74) is 5.72. The first-order chi connectivity index (χ1) is 8.32. The van der Waals surface area contributed by atoms with Gasteiger partial charge < -0.3 is 11.1 Å². The van der Waals surface area contributed by atoms with Crippen molar-refractivity contribution in [2.45, 2.75) is 37.1 Å². The van der Waals surface area contributed by atoms with Gasteiger partial charge in [0.1, 0.15) is 4.21 Å². The maximum atomic E-state index is 11.3. The van der Waals surface area contributed by atoms with Crippen LogP contribution in [0, 0.1) is 0 Å². The van der Waals surface area contributed by atoms with Crippen LogP contribution in [0.25, 0.3) is 0 Å². The molecule has 102 valence electrons. The van der Waals surface area contributed by atoms with E-state index in [0.717, 1.165) is 11.3 Å². The second-order valence-electron chi connectivity index (χ2n) is 4.15. The molecule has 1 rings (SSSR count). The van der Waals surface area contributed by atoms with Crippen LogP contribution >= 0.6 is 11.3 Å². The van der Waals surface area contributed by atoms with Crippen molar-refractivity contribution in [1.82, 2.24) is 5.32 Å². The summed E-state index contributed by atoms with van der Waals surface area (Å²) in [5, 5.41) is 3.05. The van der Waals surface area contributed by atoms with Crippen molar-refractivity contribution in [3.63, 3.8) is 0 Å². The Labute approximate surface area is 112 Å². The number of hydrogen-bond donors (Lipinski definition) is 2. The van der Waals surface area contributed by atoms with E-state index in [1.165, 1.54) is 17.6 Å². The Morgan fingerprint density at radius 2 is 2.22 bits per heavy atom. The summed E-state index contributed by atoms with van der Waals surface area (Å²) in [4.78, 5) is 5.06. The molecule has 5 nitrogen and oxygen atoms in total. The van der Waals surface area contributed by atoms with E-state index in [1.807, 2.05) is 6.92 Å². The Morgan fingerprint density at radius 3 is 2.72 bits per heavy atom. The predicted molar refractivity (Wildman–Crippen MR) is 75.6 cm³/mol. The molecule has 0 aliphatic carbocycles. The Morgan fingerprint density at radius 1 is 1.56 bits per heavy atom. The van der Waals surface area contributed by atoms with Crippen molar-refractivity contribution < 1.29 is 8.42 Å². The van der Waals surface area contributed by atoms with Crippen molar-refractivity contribution in [2.24, 2.45) is 10.7 Å². The number of aliphatic imine (C=N–C) groups is 1. The number of thiophene rings is 1. The second kappa shape index (κ2) is 6.19. The largest absolute Gasteiger partial charge is 0.370 e. The molecule has 0 saturated carbocycles. The first-order valence-corrected chi connectivity index (χ1v) is 8.39. The molecule has 7 heteroatoms. The first kappa shape index (κ1) is 15.0. The van der Waals surface area contributed by atoms with Crippen molar-refractivity contribution in [1.29, 1.82) is 0 Å². The van der Waals surface area contributed by atoms with Gasteiger partial charge in [0.05, 0.1) is 6.54 Å². The minimum Gasteiger partial charge on any atom is -0.370 e. The van der Waals surface area contributed by atoms with Crippen LogP contribution in [0.3, 0.4) is 0 Å². The summed E-state index contributed by atoms with van der Waals surface area (Å²) in [5.74, 6) is 0.388. The lowest BCUT2D eigenvalue weighted by atomic mass is 10.3. The molecule has 18 heavy (non-hydrogen) atoms. The molecule has 0 spiro atoms. The van der Waals surface area contributed by atoms with Crippen LogP contribution in [0.2, 0.25) is 0 Å². The number of hydrogen-bond acceptors (Lipinski definition) is 4. The number of nitrogens with zero attached hydrogens (tertiary/aromatic N) is 1. The molecule has 1 aromatic rings. The van der Waals surface area contributed by atoms with Gasteiger partial charge in [0.25, 0.3) is 0 Å². The molecule has 0 radical (unpaired) electrons. The van der Waals surface area contributed by atoms with E-state index in [-0.39, 0.29) is 6.04 Å². The predicted octanol–water partition coefficient (Wildman–Crippen LogP) is 1.35. The van der Waals surface area contributed by atoms with Gasteiger partial charge in [0.2, 0.25) is 0 Å². The number of nitrogens with two attached hydrogens (primary N) is 1.